The molecule has 1 aliphatic rings. The Morgan fingerprint density at radius 2 is 1.95 bits per heavy atom. The number of nitrogens with one attached hydrogen (secondary N) is 1. The molecule has 1 fully saturated rings. The first kappa shape index (κ1) is 14.9. The van der Waals surface area contributed by atoms with Crippen molar-refractivity contribution in [2.45, 2.75) is 51.1 Å². The summed E-state index contributed by atoms with van der Waals surface area (Å²) in [7, 11) is 2.19. The zero-order chi connectivity index (χ0) is 14.8. The van der Waals surface area contributed by atoms with Gasteiger partial charge in [0.1, 0.15) is 0 Å². The minimum atomic E-state index is -0.416. The third-order valence-corrected chi connectivity index (χ3v) is 4.47. The third kappa shape index (κ3) is 3.32. The molecule has 0 spiro atoms. The first-order valence-corrected chi connectivity index (χ1v) is 7.41. The molecule has 0 aromatic heterocycles. The molecule has 20 heavy (non-hydrogen) atoms. The number of piperidine rings is 1. The summed E-state index contributed by atoms with van der Waals surface area (Å²) >= 11 is 0. The molecule has 0 bridgehead atoms. The standard InChI is InChI=1S/C17H25N3/c1-13-11-16(9-10-20(13)4)19-15-7-5-14(6-8-15)17(2,3)12-18/h5-8,13,16,19H,9-11H2,1-4H3. The predicted molar refractivity (Wildman–Crippen MR) is 83.8 cm³/mol. The molecule has 3 nitrogen and oxygen atoms in total. The molecule has 0 amide bonds. The first-order chi connectivity index (χ1) is 9.42. The van der Waals surface area contributed by atoms with Crippen LogP contribution < -0.4 is 5.32 Å². The van der Waals surface area contributed by atoms with E-state index in [-0.39, 0.29) is 0 Å². The summed E-state index contributed by atoms with van der Waals surface area (Å²) in [4.78, 5) is 2.41. The first-order valence-electron chi connectivity index (χ1n) is 7.41. The number of likely N-dealkylation sites (tertiary alicyclic amines) is 1. The fraction of sp³-hybridized carbons (Fsp3) is 0.588. The smallest absolute Gasteiger partial charge is 0.0766 e. The van der Waals surface area contributed by atoms with E-state index in [2.05, 4.69) is 54.5 Å². The van der Waals surface area contributed by atoms with Crippen LogP contribution in [0.25, 0.3) is 0 Å². The van der Waals surface area contributed by atoms with Crippen molar-refractivity contribution in [1.82, 2.24) is 4.90 Å². The summed E-state index contributed by atoms with van der Waals surface area (Å²) < 4.78 is 0. The van der Waals surface area contributed by atoms with Gasteiger partial charge in [-0.05, 0) is 58.4 Å². The van der Waals surface area contributed by atoms with Crippen molar-refractivity contribution in [1.29, 1.82) is 5.26 Å². The summed E-state index contributed by atoms with van der Waals surface area (Å²) in [6, 6.07) is 11.8. The molecule has 1 saturated heterocycles. The van der Waals surface area contributed by atoms with Gasteiger partial charge in [-0.2, -0.15) is 5.26 Å². The number of hydrogen-bond acceptors (Lipinski definition) is 3. The average molecular weight is 271 g/mol. The second-order valence-corrected chi connectivity index (χ2v) is 6.51. The second-order valence-electron chi connectivity index (χ2n) is 6.51. The highest BCUT2D eigenvalue weighted by molar-refractivity contribution is 5.47. The summed E-state index contributed by atoms with van der Waals surface area (Å²) in [5.41, 5.74) is 1.81. The summed E-state index contributed by atoms with van der Waals surface area (Å²) in [5.74, 6) is 0. The minimum Gasteiger partial charge on any atom is -0.382 e. The third-order valence-electron chi connectivity index (χ3n) is 4.47. The fourth-order valence-electron chi connectivity index (χ4n) is 2.70. The van der Waals surface area contributed by atoms with Gasteiger partial charge in [0.25, 0.3) is 0 Å². The molecule has 0 radical (unpaired) electrons. The van der Waals surface area contributed by atoms with Crippen LogP contribution in [0, 0.1) is 11.3 Å². The van der Waals surface area contributed by atoms with Crippen molar-refractivity contribution in [2.75, 3.05) is 18.9 Å². The lowest BCUT2D eigenvalue weighted by atomic mass is 9.86. The molecule has 0 aliphatic carbocycles. The van der Waals surface area contributed by atoms with Gasteiger partial charge in [-0.15, -0.1) is 0 Å². The van der Waals surface area contributed by atoms with E-state index >= 15 is 0 Å². The second kappa shape index (κ2) is 5.85. The normalized spacial score (nSPS) is 24.1. The van der Waals surface area contributed by atoms with Crippen LogP contribution in [0.15, 0.2) is 24.3 Å². The summed E-state index contributed by atoms with van der Waals surface area (Å²) in [6.07, 6.45) is 2.37. The van der Waals surface area contributed by atoms with Crippen LogP contribution in [0.5, 0.6) is 0 Å². The number of rotatable bonds is 3. The highest BCUT2D eigenvalue weighted by atomic mass is 15.1. The summed E-state index contributed by atoms with van der Waals surface area (Å²) in [6.45, 7) is 7.34. The van der Waals surface area contributed by atoms with Crippen molar-refractivity contribution >= 4 is 5.69 Å². The number of hydrogen-bond donors (Lipinski definition) is 1. The Morgan fingerprint density at radius 1 is 1.30 bits per heavy atom. The molecular weight excluding hydrogens is 246 g/mol. The van der Waals surface area contributed by atoms with Crippen LogP contribution in [0.4, 0.5) is 5.69 Å². The Labute approximate surface area is 122 Å². The SMILES string of the molecule is CC1CC(Nc2ccc(C(C)(C)C#N)cc2)CCN1C. The van der Waals surface area contributed by atoms with Gasteiger partial charge in [0.15, 0.2) is 0 Å². The van der Waals surface area contributed by atoms with Crippen molar-refractivity contribution < 1.29 is 0 Å². The Bertz CT molecular complexity index is 484. The Kier molecular flexibility index (Phi) is 4.35. The minimum absolute atomic E-state index is 0.416. The van der Waals surface area contributed by atoms with Gasteiger partial charge in [-0.3, -0.25) is 0 Å². The Hall–Kier alpha value is -1.53. The Balaban J connectivity index is 2.00. The molecular formula is C17H25N3. The molecule has 2 unspecified atom stereocenters. The quantitative estimate of drug-likeness (QED) is 0.916. The largest absolute Gasteiger partial charge is 0.382 e. The van der Waals surface area contributed by atoms with E-state index < -0.39 is 5.41 Å². The number of anilines is 1. The fourth-order valence-corrected chi connectivity index (χ4v) is 2.70. The van der Waals surface area contributed by atoms with Crippen molar-refractivity contribution in [3.05, 3.63) is 29.8 Å². The lowest BCUT2D eigenvalue weighted by molar-refractivity contribution is 0.190. The zero-order valence-electron chi connectivity index (χ0n) is 13.0. The molecule has 0 saturated carbocycles. The van der Waals surface area contributed by atoms with Crippen LogP contribution in [0.3, 0.4) is 0 Å². The average Bonchev–Trinajstić information content (AvgIpc) is 2.43. The van der Waals surface area contributed by atoms with Crippen LogP contribution in [0.1, 0.15) is 39.2 Å². The molecule has 1 aliphatic heterocycles. The molecule has 108 valence electrons. The van der Waals surface area contributed by atoms with E-state index in [1.807, 2.05) is 13.8 Å². The molecule has 1 N–H and O–H groups in total. The maximum absolute atomic E-state index is 9.16. The number of nitriles is 1. The molecule has 1 aromatic rings. The highest BCUT2D eigenvalue weighted by Crippen LogP contribution is 2.25. The molecule has 2 rings (SSSR count). The van der Waals surface area contributed by atoms with Crippen LogP contribution in [-0.2, 0) is 5.41 Å². The van der Waals surface area contributed by atoms with Gasteiger partial charge in [0, 0.05) is 24.3 Å². The topological polar surface area (TPSA) is 39.1 Å². The lowest BCUT2D eigenvalue weighted by Gasteiger charge is -2.35. The predicted octanol–water partition coefficient (Wildman–Crippen LogP) is 3.38. The van der Waals surface area contributed by atoms with E-state index in [9.17, 15) is 0 Å². The maximum atomic E-state index is 9.16. The van der Waals surface area contributed by atoms with Crippen LogP contribution >= 0.6 is 0 Å². The van der Waals surface area contributed by atoms with Gasteiger partial charge in [-0.1, -0.05) is 12.1 Å². The van der Waals surface area contributed by atoms with E-state index in [1.165, 1.54) is 12.8 Å². The summed E-state index contributed by atoms with van der Waals surface area (Å²) in [5, 5.41) is 12.8. The van der Waals surface area contributed by atoms with Gasteiger partial charge in [0.05, 0.1) is 11.5 Å². The van der Waals surface area contributed by atoms with Crippen molar-refractivity contribution in [3.8, 4) is 6.07 Å². The zero-order valence-corrected chi connectivity index (χ0v) is 13.0. The molecule has 2 atom stereocenters. The number of nitrogens with zero attached hydrogens (tertiary/aromatic N) is 2. The monoisotopic (exact) mass is 271 g/mol. The molecule has 1 heterocycles. The maximum Gasteiger partial charge on any atom is 0.0766 e. The van der Waals surface area contributed by atoms with E-state index in [1.54, 1.807) is 0 Å². The van der Waals surface area contributed by atoms with Crippen LogP contribution in [-0.4, -0.2) is 30.6 Å². The van der Waals surface area contributed by atoms with Gasteiger partial charge < -0.3 is 10.2 Å². The number of benzene rings is 1. The lowest BCUT2D eigenvalue weighted by Crippen LogP contribution is -2.42. The highest BCUT2D eigenvalue weighted by Gasteiger charge is 2.23. The van der Waals surface area contributed by atoms with Gasteiger partial charge in [0.2, 0.25) is 0 Å². The van der Waals surface area contributed by atoms with Crippen molar-refractivity contribution in [3.63, 3.8) is 0 Å². The van der Waals surface area contributed by atoms with Gasteiger partial charge >= 0.3 is 0 Å². The van der Waals surface area contributed by atoms with Gasteiger partial charge in [-0.25, -0.2) is 0 Å². The van der Waals surface area contributed by atoms with E-state index in [0.29, 0.717) is 12.1 Å². The van der Waals surface area contributed by atoms with E-state index in [0.717, 1.165) is 17.8 Å². The van der Waals surface area contributed by atoms with E-state index in [4.69, 9.17) is 5.26 Å². The molecule has 3 heteroatoms. The van der Waals surface area contributed by atoms with Crippen LogP contribution in [0.2, 0.25) is 0 Å². The molecule has 1 aromatic carbocycles. The Morgan fingerprint density at radius 3 is 2.50 bits per heavy atom. The van der Waals surface area contributed by atoms with Crippen molar-refractivity contribution in [2.24, 2.45) is 0 Å².